The zero-order valence-electron chi connectivity index (χ0n) is 12.0. The summed E-state index contributed by atoms with van der Waals surface area (Å²) in [6.45, 7) is 5.60. The Labute approximate surface area is 110 Å². The molecule has 0 aliphatic carbocycles. The van der Waals surface area contributed by atoms with Crippen LogP contribution in [0.25, 0.3) is 0 Å². The molecule has 0 bridgehead atoms. The maximum atomic E-state index is 9.90. The zero-order valence-corrected chi connectivity index (χ0v) is 12.0. The number of ether oxygens (including phenoxy) is 2. The Hall–Kier alpha value is -0.240. The highest BCUT2D eigenvalue weighted by Crippen LogP contribution is 2.09. The van der Waals surface area contributed by atoms with Crippen LogP contribution in [0.5, 0.6) is 0 Å². The van der Waals surface area contributed by atoms with E-state index >= 15 is 0 Å². The second-order valence-electron chi connectivity index (χ2n) is 4.87. The molecule has 2 atom stereocenters. The molecule has 0 radical (unpaired) electrons. The van der Waals surface area contributed by atoms with Crippen molar-refractivity contribution in [3.8, 4) is 0 Å². The minimum atomic E-state index is -0.872. The van der Waals surface area contributed by atoms with Gasteiger partial charge in [-0.15, -0.1) is 0 Å². The lowest BCUT2D eigenvalue weighted by atomic mass is 10.1. The molecule has 0 saturated carbocycles. The predicted molar refractivity (Wildman–Crippen MR) is 70.2 cm³/mol. The number of hydrazine groups is 1. The van der Waals surface area contributed by atoms with Crippen LogP contribution in [0.1, 0.15) is 20.3 Å². The van der Waals surface area contributed by atoms with Crippen LogP contribution in [0.3, 0.4) is 0 Å². The van der Waals surface area contributed by atoms with Gasteiger partial charge in [-0.1, -0.05) is 0 Å². The molecular weight excluding hydrogens is 236 g/mol. The van der Waals surface area contributed by atoms with Gasteiger partial charge in [0.25, 0.3) is 0 Å². The molecule has 0 aromatic carbocycles. The second kappa shape index (κ2) is 9.66. The third kappa shape index (κ3) is 10.9. The van der Waals surface area contributed by atoms with Crippen molar-refractivity contribution in [1.82, 2.24) is 10.4 Å². The SMILES string of the molecule is CCOCC(C)(O)CCOCC(O)CNN(C)C. The van der Waals surface area contributed by atoms with Gasteiger partial charge in [0, 0.05) is 40.3 Å². The third-order valence-corrected chi connectivity index (χ3v) is 2.36. The van der Waals surface area contributed by atoms with E-state index in [-0.39, 0.29) is 6.61 Å². The molecule has 0 rings (SSSR count). The summed E-state index contributed by atoms with van der Waals surface area (Å²) < 4.78 is 10.5. The standard InChI is InChI=1S/C12H28N2O4/c1-5-17-10-12(2,16)6-7-18-9-11(15)8-13-14(3)4/h11,13,15-16H,5-10H2,1-4H3. The molecule has 6 nitrogen and oxygen atoms in total. The third-order valence-electron chi connectivity index (χ3n) is 2.36. The van der Waals surface area contributed by atoms with E-state index in [1.807, 2.05) is 21.0 Å². The van der Waals surface area contributed by atoms with Crippen LogP contribution in [-0.4, -0.2) is 74.0 Å². The average Bonchev–Trinajstić information content (AvgIpc) is 2.29. The average molecular weight is 264 g/mol. The Morgan fingerprint density at radius 3 is 2.56 bits per heavy atom. The van der Waals surface area contributed by atoms with Crippen LogP contribution in [-0.2, 0) is 9.47 Å². The summed E-state index contributed by atoms with van der Waals surface area (Å²) in [5.74, 6) is 0. The molecule has 2 unspecified atom stereocenters. The smallest absolute Gasteiger partial charge is 0.0911 e. The molecular formula is C12H28N2O4. The Morgan fingerprint density at radius 1 is 1.33 bits per heavy atom. The molecule has 18 heavy (non-hydrogen) atoms. The maximum Gasteiger partial charge on any atom is 0.0911 e. The number of rotatable bonds is 11. The van der Waals surface area contributed by atoms with Crippen molar-refractivity contribution in [1.29, 1.82) is 0 Å². The largest absolute Gasteiger partial charge is 0.389 e. The van der Waals surface area contributed by atoms with Crippen molar-refractivity contribution >= 4 is 0 Å². The molecule has 0 spiro atoms. The minimum absolute atomic E-state index is 0.256. The summed E-state index contributed by atoms with van der Waals surface area (Å²) in [6, 6.07) is 0. The quantitative estimate of drug-likeness (QED) is 0.348. The molecule has 3 N–H and O–H groups in total. The van der Waals surface area contributed by atoms with Crippen molar-refractivity contribution in [2.45, 2.75) is 32.0 Å². The van der Waals surface area contributed by atoms with E-state index in [1.165, 1.54) is 0 Å². The van der Waals surface area contributed by atoms with E-state index in [9.17, 15) is 10.2 Å². The van der Waals surface area contributed by atoms with Gasteiger partial charge in [-0.05, 0) is 13.8 Å². The fourth-order valence-corrected chi connectivity index (χ4v) is 1.25. The highest BCUT2D eigenvalue weighted by molar-refractivity contribution is 4.71. The number of aliphatic hydroxyl groups excluding tert-OH is 1. The molecule has 0 aromatic heterocycles. The van der Waals surface area contributed by atoms with E-state index < -0.39 is 11.7 Å². The Balaban J connectivity index is 3.53. The Morgan fingerprint density at radius 2 is 2.00 bits per heavy atom. The van der Waals surface area contributed by atoms with E-state index in [4.69, 9.17) is 9.47 Å². The van der Waals surface area contributed by atoms with Gasteiger partial charge >= 0.3 is 0 Å². The number of hydrogen-bond donors (Lipinski definition) is 3. The Bertz CT molecular complexity index is 201. The van der Waals surface area contributed by atoms with Gasteiger partial charge in [0.2, 0.25) is 0 Å². The first-order chi connectivity index (χ1) is 8.37. The Kier molecular flexibility index (Phi) is 9.53. The lowest BCUT2D eigenvalue weighted by molar-refractivity contribution is -0.0573. The van der Waals surface area contributed by atoms with Gasteiger partial charge in [-0.25, -0.2) is 0 Å². The zero-order chi connectivity index (χ0) is 14.0. The fourth-order valence-electron chi connectivity index (χ4n) is 1.25. The first-order valence-corrected chi connectivity index (χ1v) is 6.34. The van der Waals surface area contributed by atoms with Crippen LogP contribution in [0.4, 0.5) is 0 Å². The van der Waals surface area contributed by atoms with Gasteiger partial charge < -0.3 is 19.7 Å². The molecule has 0 amide bonds. The first kappa shape index (κ1) is 17.8. The summed E-state index contributed by atoms with van der Waals surface area (Å²) in [7, 11) is 3.72. The second-order valence-corrected chi connectivity index (χ2v) is 4.87. The lowest BCUT2D eigenvalue weighted by Crippen LogP contribution is -2.39. The van der Waals surface area contributed by atoms with E-state index in [0.717, 1.165) is 0 Å². The van der Waals surface area contributed by atoms with Crippen molar-refractivity contribution in [2.75, 3.05) is 47.1 Å². The molecule has 0 aliphatic heterocycles. The first-order valence-electron chi connectivity index (χ1n) is 6.34. The van der Waals surface area contributed by atoms with Crippen molar-refractivity contribution in [3.05, 3.63) is 0 Å². The summed E-state index contributed by atoms with van der Waals surface area (Å²) in [6.07, 6.45) is -0.0647. The van der Waals surface area contributed by atoms with Crippen LogP contribution in [0, 0.1) is 0 Å². The van der Waals surface area contributed by atoms with Crippen molar-refractivity contribution in [3.63, 3.8) is 0 Å². The van der Waals surface area contributed by atoms with Gasteiger partial charge in [0.1, 0.15) is 0 Å². The number of hydrogen-bond acceptors (Lipinski definition) is 6. The summed E-state index contributed by atoms with van der Waals surface area (Å²) in [4.78, 5) is 0. The van der Waals surface area contributed by atoms with Crippen molar-refractivity contribution in [2.24, 2.45) is 0 Å². The molecule has 0 heterocycles. The molecule has 6 heteroatoms. The molecule has 110 valence electrons. The van der Waals surface area contributed by atoms with Crippen LogP contribution in [0.15, 0.2) is 0 Å². The number of aliphatic hydroxyl groups is 2. The van der Waals surface area contributed by atoms with E-state index in [1.54, 1.807) is 11.9 Å². The van der Waals surface area contributed by atoms with E-state index in [0.29, 0.717) is 32.8 Å². The van der Waals surface area contributed by atoms with E-state index in [2.05, 4.69) is 5.43 Å². The fraction of sp³-hybridized carbons (Fsp3) is 1.00. The van der Waals surface area contributed by atoms with Crippen LogP contribution < -0.4 is 5.43 Å². The topological polar surface area (TPSA) is 74.2 Å². The molecule has 0 saturated heterocycles. The maximum absolute atomic E-state index is 9.90. The summed E-state index contributed by atoms with van der Waals surface area (Å²) in [5.41, 5.74) is 2.09. The minimum Gasteiger partial charge on any atom is -0.389 e. The van der Waals surface area contributed by atoms with Crippen molar-refractivity contribution < 1.29 is 19.7 Å². The van der Waals surface area contributed by atoms with Gasteiger partial charge in [-0.3, -0.25) is 10.4 Å². The van der Waals surface area contributed by atoms with Crippen LogP contribution in [0.2, 0.25) is 0 Å². The highest BCUT2D eigenvalue weighted by atomic mass is 16.5. The number of nitrogens with zero attached hydrogens (tertiary/aromatic N) is 1. The predicted octanol–water partition coefficient (Wildman–Crippen LogP) is -0.392. The molecule has 0 fully saturated rings. The summed E-state index contributed by atoms with van der Waals surface area (Å²) in [5, 5.41) is 21.2. The lowest BCUT2D eigenvalue weighted by Gasteiger charge is -2.23. The normalized spacial score (nSPS) is 16.8. The summed E-state index contributed by atoms with van der Waals surface area (Å²) >= 11 is 0. The van der Waals surface area contributed by atoms with Crippen LogP contribution >= 0.6 is 0 Å². The molecule has 0 aromatic rings. The van der Waals surface area contributed by atoms with Gasteiger partial charge in [0.15, 0.2) is 0 Å². The highest BCUT2D eigenvalue weighted by Gasteiger charge is 2.20. The van der Waals surface area contributed by atoms with Gasteiger partial charge in [0.05, 0.1) is 24.9 Å². The molecule has 0 aliphatic rings. The van der Waals surface area contributed by atoms with Gasteiger partial charge in [-0.2, -0.15) is 0 Å². The number of nitrogens with one attached hydrogen (secondary N) is 1. The monoisotopic (exact) mass is 264 g/mol.